The van der Waals surface area contributed by atoms with Crippen molar-refractivity contribution < 1.29 is 4.74 Å². The largest absolute Gasteiger partial charge is 0.485 e. The highest BCUT2D eigenvalue weighted by Crippen LogP contribution is 2.23. The first-order valence-corrected chi connectivity index (χ1v) is 5.96. The summed E-state index contributed by atoms with van der Waals surface area (Å²) in [6.07, 6.45) is 3.38. The van der Waals surface area contributed by atoms with Crippen LogP contribution in [-0.4, -0.2) is 9.97 Å². The van der Waals surface area contributed by atoms with Crippen LogP contribution in [0, 0.1) is 0 Å². The zero-order valence-electron chi connectivity index (χ0n) is 9.14. The molecule has 0 unspecified atom stereocenters. The standard InChI is InChI=1S/C12H12BrN3O/c13-10-2-3-11(9(6-10)7-14)17-8-12-15-4-1-5-16-12/h1-6H,7-8,14H2. The van der Waals surface area contributed by atoms with E-state index < -0.39 is 0 Å². The summed E-state index contributed by atoms with van der Waals surface area (Å²) in [6.45, 7) is 0.778. The molecule has 0 aliphatic heterocycles. The van der Waals surface area contributed by atoms with Crippen molar-refractivity contribution in [1.29, 1.82) is 0 Å². The third-order valence-electron chi connectivity index (χ3n) is 2.22. The maximum Gasteiger partial charge on any atom is 0.166 e. The average Bonchev–Trinajstić information content (AvgIpc) is 2.38. The van der Waals surface area contributed by atoms with E-state index in [1.165, 1.54) is 0 Å². The number of hydrogen-bond donors (Lipinski definition) is 1. The number of hydrogen-bond acceptors (Lipinski definition) is 4. The predicted molar refractivity (Wildman–Crippen MR) is 68.4 cm³/mol. The first-order chi connectivity index (χ1) is 8.29. The Bertz CT molecular complexity index is 490. The molecule has 2 aromatic rings. The molecule has 2 rings (SSSR count). The van der Waals surface area contributed by atoms with E-state index in [0.717, 1.165) is 15.8 Å². The first kappa shape index (κ1) is 12.0. The number of halogens is 1. The highest BCUT2D eigenvalue weighted by atomic mass is 79.9. The van der Waals surface area contributed by atoms with Gasteiger partial charge in [-0.3, -0.25) is 0 Å². The van der Waals surface area contributed by atoms with Crippen molar-refractivity contribution in [2.45, 2.75) is 13.2 Å². The second-order valence-electron chi connectivity index (χ2n) is 3.41. The van der Waals surface area contributed by atoms with Gasteiger partial charge in [-0.05, 0) is 24.3 Å². The Balaban J connectivity index is 2.09. The molecule has 1 aromatic heterocycles. The highest BCUT2D eigenvalue weighted by molar-refractivity contribution is 9.10. The molecule has 2 N–H and O–H groups in total. The molecule has 0 saturated carbocycles. The quantitative estimate of drug-likeness (QED) is 0.939. The monoisotopic (exact) mass is 293 g/mol. The summed E-state index contributed by atoms with van der Waals surface area (Å²) in [6, 6.07) is 7.52. The number of nitrogens with two attached hydrogens (primary N) is 1. The van der Waals surface area contributed by atoms with Gasteiger partial charge in [0, 0.05) is 29.0 Å². The zero-order chi connectivity index (χ0) is 12.1. The van der Waals surface area contributed by atoms with Crippen LogP contribution in [0.25, 0.3) is 0 Å². The molecule has 17 heavy (non-hydrogen) atoms. The van der Waals surface area contributed by atoms with Crippen molar-refractivity contribution in [3.8, 4) is 5.75 Å². The van der Waals surface area contributed by atoms with E-state index >= 15 is 0 Å². The lowest BCUT2D eigenvalue weighted by Gasteiger charge is -2.09. The Labute approximate surface area is 108 Å². The lowest BCUT2D eigenvalue weighted by Crippen LogP contribution is -2.04. The first-order valence-electron chi connectivity index (χ1n) is 5.17. The van der Waals surface area contributed by atoms with Crippen molar-refractivity contribution >= 4 is 15.9 Å². The summed E-state index contributed by atoms with van der Waals surface area (Å²) in [5.74, 6) is 1.42. The van der Waals surface area contributed by atoms with Crippen LogP contribution in [0.1, 0.15) is 11.4 Å². The van der Waals surface area contributed by atoms with E-state index in [9.17, 15) is 0 Å². The average molecular weight is 294 g/mol. The number of benzene rings is 1. The molecule has 1 heterocycles. The van der Waals surface area contributed by atoms with Crippen LogP contribution in [0.15, 0.2) is 41.1 Å². The summed E-state index contributed by atoms with van der Waals surface area (Å²) < 4.78 is 6.63. The summed E-state index contributed by atoms with van der Waals surface area (Å²) in [5, 5.41) is 0. The van der Waals surface area contributed by atoms with Crippen LogP contribution < -0.4 is 10.5 Å². The lowest BCUT2D eigenvalue weighted by molar-refractivity contribution is 0.292. The molecular weight excluding hydrogens is 282 g/mol. The predicted octanol–water partition coefficient (Wildman–Crippen LogP) is 2.28. The minimum absolute atomic E-state index is 0.343. The molecular formula is C12H12BrN3O. The molecule has 0 bridgehead atoms. The number of nitrogens with zero attached hydrogens (tertiary/aromatic N) is 2. The Hall–Kier alpha value is -1.46. The third kappa shape index (κ3) is 3.25. The fourth-order valence-electron chi connectivity index (χ4n) is 1.40. The minimum atomic E-state index is 0.343. The second-order valence-corrected chi connectivity index (χ2v) is 4.33. The van der Waals surface area contributed by atoms with Crippen molar-refractivity contribution in [3.05, 3.63) is 52.5 Å². The molecule has 0 radical (unpaired) electrons. The Morgan fingerprint density at radius 2 is 2.00 bits per heavy atom. The van der Waals surface area contributed by atoms with Gasteiger partial charge in [-0.2, -0.15) is 0 Å². The molecule has 0 fully saturated rings. The second kappa shape index (κ2) is 5.75. The van der Waals surface area contributed by atoms with E-state index in [1.807, 2.05) is 18.2 Å². The molecule has 0 aliphatic carbocycles. The molecule has 0 amide bonds. The van der Waals surface area contributed by atoms with Gasteiger partial charge in [-0.25, -0.2) is 9.97 Å². The van der Waals surface area contributed by atoms with E-state index in [-0.39, 0.29) is 0 Å². The van der Waals surface area contributed by atoms with Gasteiger partial charge in [0.05, 0.1) is 0 Å². The highest BCUT2D eigenvalue weighted by Gasteiger charge is 2.04. The molecule has 5 heteroatoms. The Morgan fingerprint density at radius 3 is 2.71 bits per heavy atom. The Morgan fingerprint density at radius 1 is 1.24 bits per heavy atom. The number of rotatable bonds is 4. The van der Waals surface area contributed by atoms with Gasteiger partial charge in [-0.15, -0.1) is 0 Å². The SMILES string of the molecule is NCc1cc(Br)ccc1OCc1ncccn1. The lowest BCUT2D eigenvalue weighted by atomic mass is 10.2. The normalized spacial score (nSPS) is 10.2. The summed E-state index contributed by atoms with van der Waals surface area (Å²) >= 11 is 3.40. The molecule has 0 saturated heterocycles. The Kier molecular flexibility index (Phi) is 4.06. The van der Waals surface area contributed by atoms with Gasteiger partial charge in [0.15, 0.2) is 5.82 Å². The smallest absolute Gasteiger partial charge is 0.166 e. The fourth-order valence-corrected chi connectivity index (χ4v) is 1.80. The van der Waals surface area contributed by atoms with E-state index in [0.29, 0.717) is 19.0 Å². The molecule has 0 aliphatic rings. The summed E-state index contributed by atoms with van der Waals surface area (Å²) in [4.78, 5) is 8.18. The van der Waals surface area contributed by atoms with Crippen molar-refractivity contribution in [2.75, 3.05) is 0 Å². The van der Waals surface area contributed by atoms with Gasteiger partial charge in [0.25, 0.3) is 0 Å². The van der Waals surface area contributed by atoms with E-state index in [2.05, 4.69) is 25.9 Å². The molecule has 88 valence electrons. The van der Waals surface area contributed by atoms with Crippen molar-refractivity contribution in [2.24, 2.45) is 5.73 Å². The molecule has 0 atom stereocenters. The van der Waals surface area contributed by atoms with Crippen LogP contribution >= 0.6 is 15.9 Å². The summed E-state index contributed by atoms with van der Waals surface area (Å²) in [5.41, 5.74) is 6.61. The van der Waals surface area contributed by atoms with E-state index in [1.54, 1.807) is 18.5 Å². The van der Waals surface area contributed by atoms with Gasteiger partial charge in [-0.1, -0.05) is 15.9 Å². The van der Waals surface area contributed by atoms with E-state index in [4.69, 9.17) is 10.5 Å². The van der Waals surface area contributed by atoms with Gasteiger partial charge in [0.2, 0.25) is 0 Å². The van der Waals surface area contributed by atoms with Crippen molar-refractivity contribution in [1.82, 2.24) is 9.97 Å². The maximum absolute atomic E-state index is 5.66. The number of aromatic nitrogens is 2. The van der Waals surface area contributed by atoms with Crippen LogP contribution in [0.2, 0.25) is 0 Å². The minimum Gasteiger partial charge on any atom is -0.485 e. The van der Waals surface area contributed by atoms with Crippen LogP contribution in [0.3, 0.4) is 0 Å². The molecule has 0 spiro atoms. The van der Waals surface area contributed by atoms with Crippen LogP contribution in [0.5, 0.6) is 5.75 Å². The number of ether oxygens (including phenoxy) is 1. The van der Waals surface area contributed by atoms with Gasteiger partial charge >= 0.3 is 0 Å². The van der Waals surface area contributed by atoms with Crippen LogP contribution in [-0.2, 0) is 13.2 Å². The van der Waals surface area contributed by atoms with Crippen LogP contribution in [0.4, 0.5) is 0 Å². The summed E-state index contributed by atoms with van der Waals surface area (Å²) in [7, 11) is 0. The fraction of sp³-hybridized carbons (Fsp3) is 0.167. The third-order valence-corrected chi connectivity index (χ3v) is 2.71. The van der Waals surface area contributed by atoms with Crippen molar-refractivity contribution in [3.63, 3.8) is 0 Å². The molecule has 1 aromatic carbocycles. The topological polar surface area (TPSA) is 61.0 Å². The zero-order valence-corrected chi connectivity index (χ0v) is 10.7. The van der Waals surface area contributed by atoms with Gasteiger partial charge in [0.1, 0.15) is 12.4 Å². The maximum atomic E-state index is 5.66. The molecule has 4 nitrogen and oxygen atoms in total. The van der Waals surface area contributed by atoms with Gasteiger partial charge < -0.3 is 10.5 Å².